The second-order valence-electron chi connectivity index (χ2n) is 1.45. The highest BCUT2D eigenvalue weighted by Gasteiger charge is 1.95. The third kappa shape index (κ3) is 24.5. The van der Waals surface area contributed by atoms with Gasteiger partial charge in [-0.2, -0.15) is 0 Å². The van der Waals surface area contributed by atoms with Gasteiger partial charge < -0.3 is 10.2 Å². The molecule has 0 aliphatic carbocycles. The van der Waals surface area contributed by atoms with Crippen molar-refractivity contribution in [3.05, 3.63) is 0 Å². The second-order valence-corrected chi connectivity index (χ2v) is 2.38. The summed E-state index contributed by atoms with van der Waals surface area (Å²) in [4.78, 5) is 9.00. The quantitative estimate of drug-likeness (QED) is 0.635. The Morgan fingerprint density at radius 1 is 1.70 bits per heavy atom. The van der Waals surface area contributed by atoms with Gasteiger partial charge in [0.25, 0.3) is 5.97 Å². The van der Waals surface area contributed by atoms with Crippen LogP contribution in [-0.4, -0.2) is 34.0 Å². The van der Waals surface area contributed by atoms with E-state index in [1.54, 1.807) is 0 Å². The van der Waals surface area contributed by atoms with Crippen molar-refractivity contribution in [2.24, 2.45) is 0 Å². The molecule has 62 valence electrons. The van der Waals surface area contributed by atoms with Gasteiger partial charge in [0.2, 0.25) is 0 Å². The van der Waals surface area contributed by atoms with Crippen LogP contribution in [0.25, 0.3) is 0 Å². The van der Waals surface area contributed by atoms with E-state index in [0.29, 0.717) is 5.88 Å². The molecule has 1 atom stereocenters. The van der Waals surface area contributed by atoms with Gasteiger partial charge in [-0.1, -0.05) is 0 Å². The second kappa shape index (κ2) is 9.01. The fraction of sp³-hybridized carbons (Fsp3) is 0.800. The number of hydrogen-bond acceptors (Lipinski definition) is 2. The van der Waals surface area contributed by atoms with Gasteiger partial charge >= 0.3 is 0 Å². The zero-order valence-corrected chi connectivity index (χ0v) is 7.06. The fourth-order valence-corrected chi connectivity index (χ4v) is 0.146. The molecule has 0 aliphatic rings. The monoisotopic (exact) mass is 188 g/mol. The van der Waals surface area contributed by atoms with Crippen LogP contribution in [0.15, 0.2) is 0 Å². The van der Waals surface area contributed by atoms with Crippen LogP contribution >= 0.6 is 23.2 Å². The molecule has 0 fully saturated rings. The van der Waals surface area contributed by atoms with E-state index in [0.717, 1.165) is 6.92 Å². The predicted molar refractivity (Wildman–Crippen MR) is 40.8 cm³/mol. The highest BCUT2D eigenvalue weighted by Crippen LogP contribution is 1.94. The SMILES string of the molecule is CC(=O)O.OCC(Cl)CCl. The zero-order valence-electron chi connectivity index (χ0n) is 5.55. The zero-order chi connectivity index (χ0) is 8.57. The average Bonchev–Trinajstić information content (AvgIpc) is 1.85. The van der Waals surface area contributed by atoms with Crippen molar-refractivity contribution in [1.82, 2.24) is 0 Å². The Labute approximate surface area is 69.6 Å². The first-order valence-corrected chi connectivity index (χ1v) is 3.52. The summed E-state index contributed by atoms with van der Waals surface area (Å²) in [7, 11) is 0. The van der Waals surface area contributed by atoms with Crippen molar-refractivity contribution in [2.75, 3.05) is 12.5 Å². The first-order valence-electron chi connectivity index (χ1n) is 2.55. The molecular weight excluding hydrogens is 179 g/mol. The fourth-order valence-electron chi connectivity index (χ4n) is 0.0488. The molecule has 0 aromatic heterocycles. The van der Waals surface area contributed by atoms with Gasteiger partial charge in [0.1, 0.15) is 0 Å². The summed E-state index contributed by atoms with van der Waals surface area (Å²) in [6.07, 6.45) is 0. The normalized spacial score (nSPS) is 11.2. The average molecular weight is 189 g/mol. The summed E-state index contributed by atoms with van der Waals surface area (Å²) in [5.41, 5.74) is 0. The minimum Gasteiger partial charge on any atom is -0.481 e. The number of aliphatic carboxylic acids is 1. The summed E-state index contributed by atoms with van der Waals surface area (Å²) in [6, 6.07) is 0. The maximum Gasteiger partial charge on any atom is 0.300 e. The standard InChI is InChI=1S/C3H6Cl2O.C2H4O2/c4-1-3(5)2-6;1-2(3)4/h3,6H,1-2H2;1H3,(H,3,4). The number of carbonyl (C=O) groups is 1. The van der Waals surface area contributed by atoms with Crippen LogP contribution in [0, 0.1) is 0 Å². The Balaban J connectivity index is 0. The lowest BCUT2D eigenvalue weighted by atomic mass is 10.5. The van der Waals surface area contributed by atoms with Gasteiger partial charge in [-0.25, -0.2) is 0 Å². The van der Waals surface area contributed by atoms with Crippen LogP contribution < -0.4 is 0 Å². The Hall–Kier alpha value is 0.01000. The molecule has 0 bridgehead atoms. The van der Waals surface area contributed by atoms with Gasteiger partial charge in [-0.15, -0.1) is 23.2 Å². The van der Waals surface area contributed by atoms with Gasteiger partial charge in [0.05, 0.1) is 12.0 Å². The number of carboxylic acids is 1. The van der Waals surface area contributed by atoms with Crippen LogP contribution in [0.5, 0.6) is 0 Å². The molecule has 1 unspecified atom stereocenters. The van der Waals surface area contributed by atoms with E-state index >= 15 is 0 Å². The molecule has 0 radical (unpaired) electrons. The summed E-state index contributed by atoms with van der Waals surface area (Å²) < 4.78 is 0. The molecule has 5 heteroatoms. The minimum absolute atomic E-state index is 0.0367. The van der Waals surface area contributed by atoms with Crippen LogP contribution in [0.1, 0.15) is 6.92 Å². The molecule has 0 heterocycles. The number of rotatable bonds is 2. The molecule has 0 amide bonds. The highest BCUT2D eigenvalue weighted by molar-refractivity contribution is 6.28. The first-order chi connectivity index (χ1) is 4.54. The van der Waals surface area contributed by atoms with Gasteiger partial charge in [0.15, 0.2) is 0 Å². The summed E-state index contributed by atoms with van der Waals surface area (Å²) in [5.74, 6) is -0.516. The lowest BCUT2D eigenvalue weighted by Crippen LogP contribution is -2.04. The Morgan fingerprint density at radius 2 is 2.00 bits per heavy atom. The number of hydrogen-bond donors (Lipinski definition) is 2. The maximum atomic E-state index is 9.00. The van der Waals surface area contributed by atoms with E-state index in [4.69, 9.17) is 38.2 Å². The molecule has 0 aromatic rings. The number of aliphatic hydroxyl groups excluding tert-OH is 1. The van der Waals surface area contributed by atoms with E-state index in [1.165, 1.54) is 0 Å². The van der Waals surface area contributed by atoms with Crippen molar-refractivity contribution in [3.63, 3.8) is 0 Å². The molecular formula is C5H10Cl2O3. The van der Waals surface area contributed by atoms with E-state index < -0.39 is 5.97 Å². The van der Waals surface area contributed by atoms with Crippen molar-refractivity contribution in [1.29, 1.82) is 0 Å². The van der Waals surface area contributed by atoms with Crippen LogP contribution in [-0.2, 0) is 4.79 Å². The van der Waals surface area contributed by atoms with E-state index in [-0.39, 0.29) is 12.0 Å². The number of halogens is 2. The molecule has 0 aromatic carbocycles. The lowest BCUT2D eigenvalue weighted by molar-refractivity contribution is -0.134. The van der Waals surface area contributed by atoms with Crippen molar-refractivity contribution in [2.45, 2.75) is 12.3 Å². The van der Waals surface area contributed by atoms with E-state index in [2.05, 4.69) is 0 Å². The number of carboxylic acid groups (broad SMARTS) is 1. The number of alkyl halides is 2. The van der Waals surface area contributed by atoms with Gasteiger partial charge in [-0.05, 0) is 0 Å². The van der Waals surface area contributed by atoms with Crippen molar-refractivity contribution >= 4 is 29.2 Å². The Morgan fingerprint density at radius 3 is 2.00 bits per heavy atom. The van der Waals surface area contributed by atoms with Crippen LogP contribution in [0.3, 0.4) is 0 Å². The molecule has 3 nitrogen and oxygen atoms in total. The highest BCUT2D eigenvalue weighted by atomic mass is 35.5. The van der Waals surface area contributed by atoms with E-state index in [9.17, 15) is 0 Å². The van der Waals surface area contributed by atoms with Crippen LogP contribution in [0.4, 0.5) is 0 Å². The molecule has 0 aliphatic heterocycles. The summed E-state index contributed by atoms with van der Waals surface area (Å²) in [6.45, 7) is 1.05. The maximum absolute atomic E-state index is 9.00. The molecule has 0 rings (SSSR count). The largest absolute Gasteiger partial charge is 0.481 e. The number of aliphatic hydroxyl groups is 1. The predicted octanol–water partition coefficient (Wildman–Crippen LogP) is 0.916. The summed E-state index contributed by atoms with van der Waals surface area (Å²) >= 11 is 10.4. The van der Waals surface area contributed by atoms with Gasteiger partial charge in [0, 0.05) is 12.8 Å². The third-order valence-corrected chi connectivity index (χ3v) is 1.19. The smallest absolute Gasteiger partial charge is 0.300 e. The van der Waals surface area contributed by atoms with E-state index in [1.807, 2.05) is 0 Å². The molecule has 0 saturated carbocycles. The molecule has 0 saturated heterocycles. The van der Waals surface area contributed by atoms with Crippen molar-refractivity contribution < 1.29 is 15.0 Å². The third-order valence-electron chi connectivity index (χ3n) is 0.366. The van der Waals surface area contributed by atoms with Crippen molar-refractivity contribution in [3.8, 4) is 0 Å². The van der Waals surface area contributed by atoms with Gasteiger partial charge in [-0.3, -0.25) is 4.79 Å². The topological polar surface area (TPSA) is 57.5 Å². The first kappa shape index (κ1) is 12.7. The lowest BCUT2D eigenvalue weighted by Gasteiger charge is -1.93. The summed E-state index contributed by atoms with van der Waals surface area (Å²) in [5, 5.41) is 15.3. The molecule has 0 spiro atoms. The minimum atomic E-state index is -0.833. The molecule has 10 heavy (non-hydrogen) atoms. The Bertz CT molecular complexity index is 79.0. The Kier molecular flexibility index (Phi) is 11.4. The molecule has 2 N–H and O–H groups in total. The van der Waals surface area contributed by atoms with Crippen LogP contribution in [0.2, 0.25) is 0 Å².